The van der Waals surface area contributed by atoms with E-state index in [2.05, 4.69) is 20.8 Å². The molecule has 0 radical (unpaired) electrons. The number of anilines is 3. The largest absolute Gasteiger partial charge is 0.330 e. The number of para-hydroxylation sites is 1. The first kappa shape index (κ1) is 18.8. The fraction of sp³-hybridized carbons (Fsp3) is 0.118. The standard InChI is InChI=1S/C17H15N5O3S2/c1-11(15(23)18-13-7-9-14(10-8-13)22(24)25)26-17-21-20-16(27-17)19-12-5-3-2-4-6-12/h2-11H,1H3,(H,18,23)(H,19,20). The number of amides is 1. The lowest BCUT2D eigenvalue weighted by Gasteiger charge is -2.10. The Morgan fingerprint density at radius 1 is 1.11 bits per heavy atom. The van der Waals surface area contributed by atoms with Gasteiger partial charge in [0.05, 0.1) is 10.2 Å². The van der Waals surface area contributed by atoms with Crippen LogP contribution in [0.1, 0.15) is 6.92 Å². The van der Waals surface area contributed by atoms with Gasteiger partial charge in [0, 0.05) is 23.5 Å². The van der Waals surface area contributed by atoms with Crippen molar-refractivity contribution in [2.75, 3.05) is 10.6 Å². The third-order valence-corrected chi connectivity index (χ3v) is 5.45. The second-order valence-corrected chi connectivity index (χ2v) is 7.98. The summed E-state index contributed by atoms with van der Waals surface area (Å²) in [6.07, 6.45) is 0. The summed E-state index contributed by atoms with van der Waals surface area (Å²) < 4.78 is 0.666. The number of nitrogens with one attached hydrogen (secondary N) is 2. The van der Waals surface area contributed by atoms with Gasteiger partial charge in [0.1, 0.15) is 0 Å². The van der Waals surface area contributed by atoms with Gasteiger partial charge in [-0.3, -0.25) is 14.9 Å². The molecule has 8 nitrogen and oxygen atoms in total. The van der Waals surface area contributed by atoms with Gasteiger partial charge in [0.25, 0.3) is 5.69 Å². The van der Waals surface area contributed by atoms with Crippen molar-refractivity contribution in [2.45, 2.75) is 16.5 Å². The molecule has 0 aliphatic carbocycles. The summed E-state index contributed by atoms with van der Waals surface area (Å²) >= 11 is 2.65. The lowest BCUT2D eigenvalue weighted by atomic mass is 10.3. The second kappa shape index (κ2) is 8.60. The average molecular weight is 401 g/mol. The van der Waals surface area contributed by atoms with Crippen LogP contribution in [0.15, 0.2) is 58.9 Å². The van der Waals surface area contributed by atoms with Gasteiger partial charge in [0.2, 0.25) is 11.0 Å². The quantitative estimate of drug-likeness (QED) is 0.345. The smallest absolute Gasteiger partial charge is 0.269 e. The van der Waals surface area contributed by atoms with Gasteiger partial charge in [-0.1, -0.05) is 41.3 Å². The van der Waals surface area contributed by atoms with Crippen LogP contribution in [0.3, 0.4) is 0 Å². The maximum absolute atomic E-state index is 12.3. The van der Waals surface area contributed by atoms with Crippen LogP contribution < -0.4 is 10.6 Å². The van der Waals surface area contributed by atoms with Gasteiger partial charge < -0.3 is 10.6 Å². The van der Waals surface area contributed by atoms with Crippen LogP contribution in [-0.4, -0.2) is 26.3 Å². The molecule has 1 unspecified atom stereocenters. The van der Waals surface area contributed by atoms with Crippen molar-refractivity contribution in [2.24, 2.45) is 0 Å². The van der Waals surface area contributed by atoms with Crippen molar-refractivity contribution in [1.82, 2.24) is 10.2 Å². The molecule has 27 heavy (non-hydrogen) atoms. The molecule has 0 spiro atoms. The summed E-state index contributed by atoms with van der Waals surface area (Å²) in [7, 11) is 0. The third kappa shape index (κ3) is 5.25. The fourth-order valence-corrected chi connectivity index (χ4v) is 3.98. The fourth-order valence-electron chi connectivity index (χ4n) is 2.07. The molecule has 2 aromatic carbocycles. The summed E-state index contributed by atoms with van der Waals surface area (Å²) in [5.74, 6) is -0.221. The van der Waals surface area contributed by atoms with E-state index in [1.807, 2.05) is 30.3 Å². The van der Waals surface area contributed by atoms with E-state index >= 15 is 0 Å². The zero-order valence-electron chi connectivity index (χ0n) is 14.2. The predicted octanol–water partition coefficient (Wildman–Crippen LogP) is 4.31. The summed E-state index contributed by atoms with van der Waals surface area (Å²) in [6, 6.07) is 15.3. The molecule has 3 rings (SSSR count). The summed E-state index contributed by atoms with van der Waals surface area (Å²) in [5.41, 5.74) is 1.39. The zero-order chi connectivity index (χ0) is 19.2. The topological polar surface area (TPSA) is 110 Å². The average Bonchev–Trinajstić information content (AvgIpc) is 3.09. The molecule has 1 aromatic heterocycles. The van der Waals surface area contributed by atoms with Crippen molar-refractivity contribution in [3.8, 4) is 0 Å². The number of benzene rings is 2. The number of nitrogens with zero attached hydrogens (tertiary/aromatic N) is 3. The maximum Gasteiger partial charge on any atom is 0.269 e. The first-order valence-corrected chi connectivity index (χ1v) is 9.58. The summed E-state index contributed by atoms with van der Waals surface area (Å²) in [6.45, 7) is 1.76. The molecule has 1 amide bonds. The molecule has 0 bridgehead atoms. The van der Waals surface area contributed by atoms with E-state index in [4.69, 9.17) is 0 Å². The number of rotatable bonds is 7. The Labute approximate surface area is 163 Å². The highest BCUT2D eigenvalue weighted by Crippen LogP contribution is 2.30. The maximum atomic E-state index is 12.3. The third-order valence-electron chi connectivity index (χ3n) is 3.42. The highest BCUT2D eigenvalue weighted by molar-refractivity contribution is 8.02. The number of hydrogen-bond acceptors (Lipinski definition) is 8. The van der Waals surface area contributed by atoms with Crippen molar-refractivity contribution < 1.29 is 9.72 Å². The molecule has 1 atom stereocenters. The number of nitro benzene ring substituents is 1. The monoisotopic (exact) mass is 401 g/mol. The minimum atomic E-state index is -0.486. The van der Waals surface area contributed by atoms with E-state index in [0.29, 0.717) is 15.2 Å². The van der Waals surface area contributed by atoms with Gasteiger partial charge in [-0.2, -0.15) is 0 Å². The predicted molar refractivity (Wildman–Crippen MR) is 107 cm³/mol. The number of carbonyl (C=O) groups is 1. The van der Waals surface area contributed by atoms with Crippen molar-refractivity contribution in [3.63, 3.8) is 0 Å². The van der Waals surface area contributed by atoms with Crippen LogP contribution in [0.4, 0.5) is 22.2 Å². The van der Waals surface area contributed by atoms with Crippen LogP contribution >= 0.6 is 23.1 Å². The lowest BCUT2D eigenvalue weighted by Crippen LogP contribution is -2.22. The van der Waals surface area contributed by atoms with E-state index in [1.54, 1.807) is 6.92 Å². The molecular formula is C17H15N5O3S2. The highest BCUT2D eigenvalue weighted by atomic mass is 32.2. The Hall–Kier alpha value is -2.98. The van der Waals surface area contributed by atoms with Crippen molar-refractivity contribution in [1.29, 1.82) is 0 Å². The summed E-state index contributed by atoms with van der Waals surface area (Å²) in [4.78, 5) is 22.5. The van der Waals surface area contributed by atoms with Crippen molar-refractivity contribution >= 4 is 51.2 Å². The molecule has 1 heterocycles. The Kier molecular flexibility index (Phi) is 5.99. The van der Waals surface area contributed by atoms with Crippen LogP contribution in [0.25, 0.3) is 0 Å². The minimum absolute atomic E-state index is 0.0253. The molecule has 138 valence electrons. The molecule has 0 aliphatic heterocycles. The number of nitro groups is 1. The van der Waals surface area contributed by atoms with Gasteiger partial charge in [-0.05, 0) is 31.2 Å². The molecule has 0 fully saturated rings. The van der Waals surface area contributed by atoms with Crippen molar-refractivity contribution in [3.05, 3.63) is 64.7 Å². The second-order valence-electron chi connectivity index (χ2n) is 5.42. The van der Waals surface area contributed by atoms with Crippen LogP contribution in [-0.2, 0) is 4.79 Å². The van der Waals surface area contributed by atoms with E-state index in [1.165, 1.54) is 47.4 Å². The molecule has 0 saturated heterocycles. The van der Waals surface area contributed by atoms with Gasteiger partial charge in [0.15, 0.2) is 4.34 Å². The number of hydrogen-bond donors (Lipinski definition) is 2. The Bertz CT molecular complexity index is 931. The Morgan fingerprint density at radius 3 is 2.48 bits per heavy atom. The molecule has 3 aromatic rings. The summed E-state index contributed by atoms with van der Waals surface area (Å²) in [5, 5.41) is 25.0. The van der Waals surface area contributed by atoms with Crippen LogP contribution in [0, 0.1) is 10.1 Å². The van der Waals surface area contributed by atoms with Crippen LogP contribution in [0.2, 0.25) is 0 Å². The number of non-ortho nitro benzene ring substituents is 1. The van der Waals surface area contributed by atoms with E-state index in [9.17, 15) is 14.9 Å². The van der Waals surface area contributed by atoms with Crippen LogP contribution in [0.5, 0.6) is 0 Å². The van der Waals surface area contributed by atoms with E-state index < -0.39 is 10.2 Å². The zero-order valence-corrected chi connectivity index (χ0v) is 15.8. The van der Waals surface area contributed by atoms with Gasteiger partial charge >= 0.3 is 0 Å². The first-order valence-electron chi connectivity index (χ1n) is 7.89. The molecular weight excluding hydrogens is 386 g/mol. The molecule has 10 heteroatoms. The lowest BCUT2D eigenvalue weighted by molar-refractivity contribution is -0.384. The number of aromatic nitrogens is 2. The molecule has 2 N–H and O–H groups in total. The normalized spacial score (nSPS) is 11.6. The number of thioether (sulfide) groups is 1. The molecule has 0 saturated carbocycles. The first-order chi connectivity index (χ1) is 13.0. The van der Waals surface area contributed by atoms with E-state index in [-0.39, 0.29) is 11.6 Å². The van der Waals surface area contributed by atoms with E-state index in [0.717, 1.165) is 5.69 Å². The van der Waals surface area contributed by atoms with Gasteiger partial charge in [-0.15, -0.1) is 10.2 Å². The Balaban J connectivity index is 1.56. The number of carbonyl (C=O) groups excluding carboxylic acids is 1. The minimum Gasteiger partial charge on any atom is -0.330 e. The Morgan fingerprint density at radius 2 is 1.81 bits per heavy atom. The SMILES string of the molecule is CC(Sc1nnc(Nc2ccccc2)s1)C(=O)Nc1ccc([N+](=O)[O-])cc1. The van der Waals surface area contributed by atoms with Gasteiger partial charge in [-0.25, -0.2) is 0 Å². The highest BCUT2D eigenvalue weighted by Gasteiger charge is 2.18. The molecule has 0 aliphatic rings.